The first-order valence-corrected chi connectivity index (χ1v) is 13.3. The van der Waals surface area contributed by atoms with Gasteiger partial charge in [-0.05, 0) is 52.8 Å². The Bertz CT molecular complexity index is 846. The van der Waals surface area contributed by atoms with Gasteiger partial charge in [-0.3, -0.25) is 9.56 Å². The van der Waals surface area contributed by atoms with E-state index in [1.165, 1.54) is 69.1 Å². The Morgan fingerprint density at radius 3 is 2.28 bits per heavy atom. The first-order chi connectivity index (χ1) is 14.0. The van der Waals surface area contributed by atoms with Crippen molar-refractivity contribution in [2.75, 3.05) is 0 Å². The van der Waals surface area contributed by atoms with E-state index in [0.29, 0.717) is 8.83 Å². The van der Waals surface area contributed by atoms with Crippen molar-refractivity contribution in [3.63, 3.8) is 0 Å². The Morgan fingerprint density at radius 1 is 1.03 bits per heavy atom. The van der Waals surface area contributed by atoms with Crippen LogP contribution < -0.4 is 0 Å². The monoisotopic (exact) mass is 560 g/mol. The second-order valence-corrected chi connectivity index (χ2v) is 10.7. The highest BCUT2D eigenvalue weighted by Gasteiger charge is 2.10. The van der Waals surface area contributed by atoms with Crippen molar-refractivity contribution >= 4 is 67.3 Å². The van der Waals surface area contributed by atoms with Gasteiger partial charge in [-0.2, -0.15) is 0 Å². The summed E-state index contributed by atoms with van der Waals surface area (Å²) in [4.78, 5) is 5.19. The molecule has 0 aliphatic rings. The fraction of sp³-hybridized carbons (Fsp3) is 0.545. The molecule has 0 aliphatic heterocycles. The summed E-state index contributed by atoms with van der Waals surface area (Å²) in [7, 11) is 0. The van der Waals surface area contributed by atoms with Gasteiger partial charge in [-0.1, -0.05) is 92.0 Å². The zero-order chi connectivity index (χ0) is 21.1. The predicted octanol–water partition coefficient (Wildman–Crippen LogP) is 9.18. The van der Waals surface area contributed by atoms with Gasteiger partial charge in [0.05, 0.1) is 11.9 Å². The van der Waals surface area contributed by atoms with Crippen LogP contribution in [0.1, 0.15) is 76.0 Å². The lowest BCUT2D eigenvalue weighted by Crippen LogP contribution is -1.97. The van der Waals surface area contributed by atoms with Gasteiger partial charge in [-0.25, -0.2) is 0 Å². The molecular formula is C22H30Br2N2OS2. The van der Waals surface area contributed by atoms with Crippen LogP contribution >= 0.6 is 55.4 Å². The van der Waals surface area contributed by atoms with Crippen molar-refractivity contribution in [2.45, 2.75) is 77.7 Å². The van der Waals surface area contributed by atoms with E-state index in [-0.39, 0.29) is 5.88 Å². The first kappa shape index (κ1) is 24.8. The SMILES string of the molecule is CCCCCCCCCCCCn1c(O)c(C=Nc2ccc(Br)cc2Br)sc1=S. The summed E-state index contributed by atoms with van der Waals surface area (Å²) in [5.74, 6) is 0.230. The van der Waals surface area contributed by atoms with Gasteiger partial charge in [0.25, 0.3) is 0 Å². The number of unbranched alkanes of at least 4 members (excludes halogenated alkanes) is 9. The van der Waals surface area contributed by atoms with Gasteiger partial charge in [0.1, 0.15) is 4.88 Å². The fourth-order valence-corrected chi connectivity index (χ4v) is 5.55. The van der Waals surface area contributed by atoms with Crippen LogP contribution in [0.3, 0.4) is 0 Å². The maximum Gasteiger partial charge on any atom is 0.212 e. The number of thiazole rings is 1. The highest BCUT2D eigenvalue weighted by Crippen LogP contribution is 2.30. The molecule has 7 heteroatoms. The van der Waals surface area contributed by atoms with Crippen LogP contribution in [0.2, 0.25) is 0 Å². The number of aromatic hydroxyl groups is 1. The average molecular weight is 562 g/mol. The minimum atomic E-state index is 0.230. The standard InChI is InChI=1S/C22H30Br2N2OS2/c1-2-3-4-5-6-7-8-9-10-11-14-26-21(27)20(29-22(26)28)16-25-19-13-12-17(23)15-18(19)24/h12-13,15-16,27H,2-11,14H2,1H3. The third-order valence-corrected chi connectivity index (χ3v) is 7.36. The van der Waals surface area contributed by atoms with E-state index in [4.69, 9.17) is 12.2 Å². The zero-order valence-electron chi connectivity index (χ0n) is 17.0. The van der Waals surface area contributed by atoms with Gasteiger partial charge < -0.3 is 5.11 Å². The maximum absolute atomic E-state index is 10.5. The van der Waals surface area contributed by atoms with Crippen LogP contribution in [-0.2, 0) is 6.54 Å². The van der Waals surface area contributed by atoms with Crippen LogP contribution in [0.4, 0.5) is 5.69 Å². The minimum Gasteiger partial charge on any atom is -0.493 e. The summed E-state index contributed by atoms with van der Waals surface area (Å²) >= 11 is 13.8. The van der Waals surface area contributed by atoms with Crippen molar-refractivity contribution in [1.82, 2.24) is 4.57 Å². The molecule has 29 heavy (non-hydrogen) atoms. The van der Waals surface area contributed by atoms with Gasteiger partial charge in [0.2, 0.25) is 5.88 Å². The van der Waals surface area contributed by atoms with Crippen molar-refractivity contribution in [1.29, 1.82) is 0 Å². The molecule has 3 nitrogen and oxygen atoms in total. The lowest BCUT2D eigenvalue weighted by Gasteiger charge is -2.05. The Labute approximate surface area is 200 Å². The van der Waals surface area contributed by atoms with Crippen LogP contribution in [0.5, 0.6) is 5.88 Å². The largest absolute Gasteiger partial charge is 0.493 e. The Hall–Kier alpha value is -0.500. The molecule has 2 rings (SSSR count). The van der Waals surface area contributed by atoms with E-state index in [0.717, 1.165) is 27.6 Å². The lowest BCUT2D eigenvalue weighted by atomic mass is 10.1. The third-order valence-electron chi connectivity index (χ3n) is 4.86. The Kier molecular flexibility index (Phi) is 11.7. The molecule has 0 bridgehead atoms. The number of hydrogen-bond acceptors (Lipinski definition) is 4. The number of aromatic nitrogens is 1. The van der Waals surface area contributed by atoms with Crippen LogP contribution in [-0.4, -0.2) is 15.9 Å². The molecular weight excluding hydrogens is 532 g/mol. The van der Waals surface area contributed by atoms with E-state index in [1.807, 2.05) is 22.8 Å². The van der Waals surface area contributed by atoms with Crippen molar-refractivity contribution in [2.24, 2.45) is 4.99 Å². The smallest absolute Gasteiger partial charge is 0.212 e. The Balaban J connectivity index is 1.77. The number of nitrogens with zero attached hydrogens (tertiary/aromatic N) is 2. The van der Waals surface area contributed by atoms with Gasteiger partial charge in [-0.15, -0.1) is 0 Å². The van der Waals surface area contributed by atoms with Crippen molar-refractivity contribution in [3.05, 3.63) is 36.0 Å². The second kappa shape index (κ2) is 13.7. The summed E-state index contributed by atoms with van der Waals surface area (Å²) in [6.07, 6.45) is 14.7. The molecule has 0 unspecified atom stereocenters. The number of hydrogen-bond donors (Lipinski definition) is 1. The molecule has 0 amide bonds. The van der Waals surface area contributed by atoms with E-state index >= 15 is 0 Å². The molecule has 0 aliphatic carbocycles. The molecule has 0 spiro atoms. The molecule has 1 N–H and O–H groups in total. The van der Waals surface area contributed by atoms with Gasteiger partial charge >= 0.3 is 0 Å². The number of halogens is 2. The molecule has 1 aromatic heterocycles. The lowest BCUT2D eigenvalue weighted by molar-refractivity contribution is 0.407. The van der Waals surface area contributed by atoms with E-state index in [2.05, 4.69) is 43.8 Å². The third kappa shape index (κ3) is 8.64. The van der Waals surface area contributed by atoms with Crippen molar-refractivity contribution < 1.29 is 5.11 Å². The molecule has 0 atom stereocenters. The summed E-state index contributed by atoms with van der Waals surface area (Å²) < 4.78 is 4.43. The zero-order valence-corrected chi connectivity index (χ0v) is 21.8. The summed E-state index contributed by atoms with van der Waals surface area (Å²) in [5, 5.41) is 10.5. The molecule has 0 fully saturated rings. The molecule has 1 aromatic carbocycles. The molecule has 0 saturated heterocycles. The minimum absolute atomic E-state index is 0.230. The average Bonchev–Trinajstić information content (AvgIpc) is 2.96. The molecule has 2 aromatic rings. The van der Waals surface area contributed by atoms with E-state index in [9.17, 15) is 5.11 Å². The topological polar surface area (TPSA) is 37.5 Å². The summed E-state index contributed by atoms with van der Waals surface area (Å²) in [6, 6.07) is 5.81. The summed E-state index contributed by atoms with van der Waals surface area (Å²) in [5.41, 5.74) is 0.813. The number of aliphatic imine (C=N–C) groups is 1. The van der Waals surface area contributed by atoms with E-state index in [1.54, 1.807) is 6.21 Å². The second-order valence-electron chi connectivity index (χ2n) is 7.24. The maximum atomic E-state index is 10.5. The fourth-order valence-electron chi connectivity index (χ4n) is 3.17. The summed E-state index contributed by atoms with van der Waals surface area (Å²) in [6.45, 7) is 3.03. The molecule has 0 radical (unpaired) electrons. The van der Waals surface area contributed by atoms with Crippen molar-refractivity contribution in [3.8, 4) is 5.88 Å². The van der Waals surface area contributed by atoms with E-state index < -0.39 is 0 Å². The highest BCUT2D eigenvalue weighted by atomic mass is 79.9. The normalized spacial score (nSPS) is 11.6. The molecule has 160 valence electrons. The number of rotatable bonds is 13. The first-order valence-electron chi connectivity index (χ1n) is 10.4. The number of benzene rings is 1. The van der Waals surface area contributed by atoms with Gasteiger partial charge in [0.15, 0.2) is 3.95 Å². The van der Waals surface area contributed by atoms with Gasteiger partial charge in [0, 0.05) is 15.5 Å². The Morgan fingerprint density at radius 2 is 1.66 bits per heavy atom. The molecule has 0 saturated carbocycles. The van der Waals surface area contributed by atoms with Crippen LogP contribution in [0.25, 0.3) is 0 Å². The predicted molar refractivity (Wildman–Crippen MR) is 136 cm³/mol. The van der Waals surface area contributed by atoms with Crippen LogP contribution in [0.15, 0.2) is 32.1 Å². The quantitative estimate of drug-likeness (QED) is 0.150. The van der Waals surface area contributed by atoms with Crippen LogP contribution in [0, 0.1) is 3.95 Å². The molecule has 1 heterocycles. The highest BCUT2D eigenvalue weighted by molar-refractivity contribution is 9.11.